The van der Waals surface area contributed by atoms with E-state index in [-0.39, 0.29) is 14.7 Å². The summed E-state index contributed by atoms with van der Waals surface area (Å²) >= 11 is 6.75. The largest absolute Gasteiger partial charge is 0.469 e. The zero-order valence-electron chi connectivity index (χ0n) is 10.7. The smallest absolute Gasteiger partial charge is 0.252 e. The van der Waals surface area contributed by atoms with Gasteiger partial charge in [0.25, 0.3) is 10.0 Å². The molecule has 1 aliphatic rings. The zero-order valence-corrected chi connectivity index (χ0v) is 13.1. The molecular weight excluding hydrogens is 320 g/mol. The van der Waals surface area contributed by atoms with E-state index in [0.29, 0.717) is 5.69 Å². The number of fused-ring (bicyclic) bond motifs is 1. The van der Waals surface area contributed by atoms with Crippen LogP contribution >= 0.6 is 22.9 Å². The number of aromatic nitrogens is 1. The van der Waals surface area contributed by atoms with Gasteiger partial charge in [-0.2, -0.15) is 0 Å². The van der Waals surface area contributed by atoms with Crippen LogP contribution in [0.2, 0.25) is 4.47 Å². The van der Waals surface area contributed by atoms with E-state index in [1.165, 1.54) is 0 Å². The lowest BCUT2D eigenvalue weighted by Crippen LogP contribution is -2.30. The van der Waals surface area contributed by atoms with Crippen molar-refractivity contribution in [3.63, 3.8) is 0 Å². The second-order valence-corrected chi connectivity index (χ2v) is 8.20. The monoisotopic (exact) mass is 332 g/mol. The molecule has 0 spiro atoms. The number of furan rings is 1. The van der Waals surface area contributed by atoms with Crippen molar-refractivity contribution >= 4 is 33.0 Å². The van der Waals surface area contributed by atoms with Gasteiger partial charge in [-0.3, -0.25) is 0 Å². The molecule has 0 radical (unpaired) electrons. The Morgan fingerprint density at radius 3 is 3.05 bits per heavy atom. The van der Waals surface area contributed by atoms with E-state index in [2.05, 4.69) is 9.71 Å². The minimum absolute atomic E-state index is 0.179. The number of rotatable bonds is 3. The summed E-state index contributed by atoms with van der Waals surface area (Å²) in [6, 6.07) is 1.58. The average molecular weight is 333 g/mol. The first kappa shape index (κ1) is 14.1. The van der Waals surface area contributed by atoms with Gasteiger partial charge in [-0.1, -0.05) is 22.9 Å². The van der Waals surface area contributed by atoms with E-state index >= 15 is 0 Å². The normalized spacial score (nSPS) is 19.0. The van der Waals surface area contributed by atoms with Crippen LogP contribution in [0.3, 0.4) is 0 Å². The average Bonchev–Trinajstić information content (AvgIpc) is 2.96. The fourth-order valence-electron chi connectivity index (χ4n) is 2.45. The molecule has 0 bridgehead atoms. The molecule has 1 unspecified atom stereocenters. The quantitative estimate of drug-likeness (QED) is 0.937. The maximum atomic E-state index is 12.4. The number of aryl methyl sites for hydroxylation is 2. The van der Waals surface area contributed by atoms with Crippen LogP contribution in [-0.2, 0) is 16.4 Å². The van der Waals surface area contributed by atoms with Crippen LogP contribution in [0.1, 0.15) is 35.9 Å². The molecule has 0 aromatic carbocycles. The predicted octanol–water partition coefficient (Wildman–Crippen LogP) is 3.05. The highest BCUT2D eigenvalue weighted by atomic mass is 35.5. The van der Waals surface area contributed by atoms with Crippen LogP contribution in [0.25, 0.3) is 0 Å². The van der Waals surface area contributed by atoms with E-state index < -0.39 is 10.0 Å². The Hall–Kier alpha value is -0.890. The number of hydrogen-bond donors (Lipinski definition) is 1. The Labute approximate surface area is 126 Å². The van der Waals surface area contributed by atoms with E-state index in [1.807, 2.05) is 6.07 Å². The molecule has 0 amide bonds. The van der Waals surface area contributed by atoms with E-state index in [4.69, 9.17) is 16.0 Å². The lowest BCUT2D eigenvalue weighted by atomic mass is 9.94. The fraction of sp³-hybridized carbons (Fsp3) is 0.417. The van der Waals surface area contributed by atoms with Crippen molar-refractivity contribution in [1.82, 2.24) is 9.71 Å². The second kappa shape index (κ2) is 5.14. The molecule has 2 heterocycles. The van der Waals surface area contributed by atoms with Gasteiger partial charge in [-0.25, -0.2) is 18.1 Å². The minimum Gasteiger partial charge on any atom is -0.469 e. The number of hydrogen-bond acceptors (Lipinski definition) is 5. The van der Waals surface area contributed by atoms with Gasteiger partial charge in [0, 0.05) is 12.0 Å². The summed E-state index contributed by atoms with van der Waals surface area (Å²) < 4.78 is 33.4. The maximum Gasteiger partial charge on any atom is 0.252 e. The van der Waals surface area contributed by atoms with Crippen LogP contribution in [0.4, 0.5) is 0 Å². The number of halogens is 1. The topological polar surface area (TPSA) is 72.2 Å². The summed E-state index contributed by atoms with van der Waals surface area (Å²) in [4.78, 5) is 3.95. The van der Waals surface area contributed by atoms with E-state index in [9.17, 15) is 8.42 Å². The molecule has 108 valence electrons. The molecule has 1 aliphatic carbocycles. The van der Waals surface area contributed by atoms with Gasteiger partial charge in [-0.15, -0.1) is 0 Å². The molecular formula is C12H13ClN2O3S2. The summed E-state index contributed by atoms with van der Waals surface area (Å²) in [6.07, 6.45) is 4.12. The van der Waals surface area contributed by atoms with Crippen LogP contribution in [0.15, 0.2) is 21.0 Å². The van der Waals surface area contributed by atoms with Crippen molar-refractivity contribution < 1.29 is 12.8 Å². The van der Waals surface area contributed by atoms with Crippen LogP contribution < -0.4 is 4.72 Å². The van der Waals surface area contributed by atoms with Crippen molar-refractivity contribution in [2.75, 3.05) is 0 Å². The first-order valence-corrected chi connectivity index (χ1v) is 8.86. The van der Waals surface area contributed by atoms with Gasteiger partial charge in [0.2, 0.25) is 0 Å². The van der Waals surface area contributed by atoms with Crippen LogP contribution in [0, 0.1) is 6.92 Å². The van der Waals surface area contributed by atoms with Crippen LogP contribution in [-0.4, -0.2) is 13.4 Å². The summed E-state index contributed by atoms with van der Waals surface area (Å²) in [7, 11) is -3.61. The number of thiazole rings is 1. The molecule has 5 nitrogen and oxygen atoms in total. The van der Waals surface area contributed by atoms with Crippen molar-refractivity contribution in [2.24, 2.45) is 0 Å². The lowest BCUT2D eigenvalue weighted by molar-refractivity contribution is 0.438. The number of sulfonamides is 1. The molecule has 1 N–H and O–H groups in total. The van der Waals surface area contributed by atoms with E-state index in [0.717, 1.165) is 41.9 Å². The third-order valence-corrected chi connectivity index (χ3v) is 6.66. The third kappa shape index (κ3) is 2.50. The molecule has 0 saturated heterocycles. The Kier molecular flexibility index (Phi) is 3.62. The predicted molar refractivity (Wildman–Crippen MR) is 76.6 cm³/mol. The standard InChI is InChI=1S/C12H13ClN2O3S2/c1-7-11(19-12(13)14-7)20(16,17)15-9-3-2-4-10-8(9)5-6-18-10/h5-6,9,15H,2-4H2,1H3. The molecule has 2 aromatic rings. The van der Waals surface area contributed by atoms with Gasteiger partial charge < -0.3 is 4.42 Å². The number of nitrogens with one attached hydrogen (secondary N) is 1. The molecule has 3 rings (SSSR count). The van der Waals surface area contributed by atoms with Crippen molar-refractivity contribution in [3.05, 3.63) is 33.8 Å². The Bertz CT molecular complexity index is 736. The van der Waals surface area contributed by atoms with Gasteiger partial charge in [-0.05, 0) is 25.8 Å². The number of nitrogens with zero attached hydrogens (tertiary/aromatic N) is 1. The molecule has 0 saturated carbocycles. The molecule has 2 aromatic heterocycles. The molecule has 0 aliphatic heterocycles. The van der Waals surface area contributed by atoms with Crippen molar-refractivity contribution in [3.8, 4) is 0 Å². The fourth-order valence-corrected chi connectivity index (χ4v) is 5.45. The van der Waals surface area contributed by atoms with Crippen LogP contribution in [0.5, 0.6) is 0 Å². The highest BCUT2D eigenvalue weighted by Crippen LogP contribution is 2.33. The van der Waals surface area contributed by atoms with Crippen molar-refractivity contribution in [2.45, 2.75) is 36.4 Å². The zero-order chi connectivity index (χ0) is 14.3. The first-order valence-electron chi connectivity index (χ1n) is 6.19. The van der Waals surface area contributed by atoms with Gasteiger partial charge in [0.15, 0.2) is 8.68 Å². The first-order chi connectivity index (χ1) is 9.47. The summed E-state index contributed by atoms with van der Waals surface area (Å²) in [5.74, 6) is 0.864. The molecule has 20 heavy (non-hydrogen) atoms. The molecule has 1 atom stereocenters. The Morgan fingerprint density at radius 2 is 2.35 bits per heavy atom. The lowest BCUT2D eigenvalue weighted by Gasteiger charge is -2.22. The molecule has 8 heteroatoms. The van der Waals surface area contributed by atoms with Gasteiger partial charge >= 0.3 is 0 Å². The SMILES string of the molecule is Cc1nc(Cl)sc1S(=O)(=O)NC1CCCc2occc21. The third-order valence-electron chi connectivity index (χ3n) is 3.32. The van der Waals surface area contributed by atoms with Crippen molar-refractivity contribution in [1.29, 1.82) is 0 Å². The van der Waals surface area contributed by atoms with Gasteiger partial charge in [0.05, 0.1) is 18.0 Å². The Morgan fingerprint density at radius 1 is 1.55 bits per heavy atom. The highest BCUT2D eigenvalue weighted by molar-refractivity contribution is 7.91. The van der Waals surface area contributed by atoms with Gasteiger partial charge in [0.1, 0.15) is 5.76 Å². The highest BCUT2D eigenvalue weighted by Gasteiger charge is 2.29. The maximum absolute atomic E-state index is 12.4. The van der Waals surface area contributed by atoms with E-state index in [1.54, 1.807) is 13.2 Å². The Balaban J connectivity index is 1.91. The summed E-state index contributed by atoms with van der Waals surface area (Å²) in [6.45, 7) is 1.64. The minimum atomic E-state index is -3.61. The summed E-state index contributed by atoms with van der Waals surface area (Å²) in [5.41, 5.74) is 1.35. The molecule has 0 fully saturated rings. The second-order valence-electron chi connectivity index (χ2n) is 4.70. The summed E-state index contributed by atoms with van der Waals surface area (Å²) in [5, 5.41) is 0.